The smallest absolute Gasteiger partial charge is 0.326 e. The number of carbonyl (C=O) groups excluding carboxylic acids is 8. The van der Waals surface area contributed by atoms with Gasteiger partial charge in [-0.2, -0.15) is 11.8 Å². The van der Waals surface area contributed by atoms with E-state index in [4.69, 9.17) is 22.9 Å². The molecular formula is C48H75N13O12S. The first-order valence-electron chi connectivity index (χ1n) is 24.2. The Balaban J connectivity index is 2.17. The molecular weight excluding hydrogens is 983 g/mol. The number of carboxylic acids is 1. The van der Waals surface area contributed by atoms with Gasteiger partial charge < -0.3 is 80.8 Å². The molecule has 0 heterocycles. The lowest BCUT2D eigenvalue weighted by atomic mass is 9.98. The normalized spacial score (nSPS) is 14.1. The number of aliphatic hydroxyl groups excluding tert-OH is 1. The van der Waals surface area contributed by atoms with Gasteiger partial charge in [-0.05, 0) is 92.7 Å². The topological polar surface area (TPSA) is 427 Å². The van der Waals surface area contributed by atoms with Crippen LogP contribution in [0.3, 0.4) is 0 Å². The van der Waals surface area contributed by atoms with Crippen molar-refractivity contribution in [2.24, 2.45) is 33.8 Å². The maximum absolute atomic E-state index is 14.1. The van der Waals surface area contributed by atoms with Gasteiger partial charge >= 0.3 is 5.97 Å². The van der Waals surface area contributed by atoms with Gasteiger partial charge in [0, 0.05) is 13.0 Å². The quantitative estimate of drug-likeness (QED) is 0.0183. The summed E-state index contributed by atoms with van der Waals surface area (Å²) in [5.74, 6) is -7.95. The van der Waals surface area contributed by atoms with Gasteiger partial charge in [-0.15, -0.1) is 0 Å². The van der Waals surface area contributed by atoms with Crippen LogP contribution < -0.4 is 65.5 Å². The van der Waals surface area contributed by atoms with Gasteiger partial charge in [0.2, 0.25) is 47.3 Å². The van der Waals surface area contributed by atoms with E-state index in [0.717, 1.165) is 0 Å². The Hall–Kier alpha value is -7.03. The molecule has 74 heavy (non-hydrogen) atoms. The lowest BCUT2D eigenvalue weighted by Gasteiger charge is -2.27. The number of unbranched alkanes of at least 4 members (excludes halogenated alkanes) is 1. The summed E-state index contributed by atoms with van der Waals surface area (Å²) >= 11 is 1.39. The molecule has 25 nitrogen and oxygen atoms in total. The van der Waals surface area contributed by atoms with E-state index in [-0.39, 0.29) is 56.8 Å². The van der Waals surface area contributed by atoms with Crippen molar-refractivity contribution in [3.63, 3.8) is 0 Å². The van der Waals surface area contributed by atoms with Crippen LogP contribution in [0.4, 0.5) is 0 Å². The van der Waals surface area contributed by atoms with Crippen LogP contribution in [0.25, 0.3) is 0 Å². The van der Waals surface area contributed by atoms with Crippen LogP contribution >= 0.6 is 11.8 Å². The maximum atomic E-state index is 14.1. The fraction of sp³-hybridized carbons (Fsp3) is 0.542. The van der Waals surface area contributed by atoms with E-state index in [1.807, 2.05) is 0 Å². The minimum atomic E-state index is -1.60. The highest BCUT2D eigenvalue weighted by Gasteiger charge is 2.33. The van der Waals surface area contributed by atoms with Crippen molar-refractivity contribution >= 4 is 70.9 Å². The van der Waals surface area contributed by atoms with Gasteiger partial charge in [-0.1, -0.05) is 62.7 Å². The monoisotopic (exact) mass is 1060 g/mol. The lowest BCUT2D eigenvalue weighted by molar-refractivity contribution is -0.144. The van der Waals surface area contributed by atoms with Crippen molar-refractivity contribution < 1.29 is 58.5 Å². The molecule has 0 aromatic heterocycles. The van der Waals surface area contributed by atoms with Gasteiger partial charge in [0.1, 0.15) is 42.0 Å². The number of aromatic hydroxyl groups is 1. The number of benzene rings is 2. The van der Waals surface area contributed by atoms with Gasteiger partial charge in [0.25, 0.3) is 0 Å². The van der Waals surface area contributed by atoms with Crippen LogP contribution in [0.5, 0.6) is 5.75 Å². The molecule has 0 spiro atoms. The number of nitrogens with zero attached hydrogens (tertiary/aromatic N) is 1. The largest absolute Gasteiger partial charge is 0.508 e. The predicted molar refractivity (Wildman–Crippen MR) is 278 cm³/mol. The molecule has 8 atom stereocenters. The van der Waals surface area contributed by atoms with Crippen LogP contribution in [0.1, 0.15) is 69.9 Å². The molecule has 0 unspecified atom stereocenters. The third kappa shape index (κ3) is 24.1. The predicted octanol–water partition coefficient (Wildman–Crippen LogP) is -3.30. The van der Waals surface area contributed by atoms with Crippen molar-refractivity contribution in [2.75, 3.05) is 44.8 Å². The summed E-state index contributed by atoms with van der Waals surface area (Å²) in [5, 5.41) is 49.3. The lowest BCUT2D eigenvalue weighted by Crippen LogP contribution is -2.59. The van der Waals surface area contributed by atoms with Gasteiger partial charge in [0.05, 0.1) is 25.7 Å². The Morgan fingerprint density at radius 2 is 1.15 bits per heavy atom. The van der Waals surface area contributed by atoms with E-state index < -0.39 is 121 Å². The van der Waals surface area contributed by atoms with Crippen LogP contribution in [-0.4, -0.2) is 162 Å². The van der Waals surface area contributed by atoms with Crippen molar-refractivity contribution in [1.82, 2.24) is 42.5 Å². The first-order chi connectivity index (χ1) is 35.2. The van der Waals surface area contributed by atoms with E-state index in [1.165, 1.54) is 23.9 Å². The Bertz CT molecular complexity index is 2170. The van der Waals surface area contributed by atoms with E-state index in [1.54, 1.807) is 62.6 Å². The van der Waals surface area contributed by atoms with Crippen molar-refractivity contribution in [3.8, 4) is 5.75 Å². The number of guanidine groups is 1. The van der Waals surface area contributed by atoms with Gasteiger partial charge in [0.15, 0.2) is 5.96 Å². The molecule has 0 bridgehead atoms. The van der Waals surface area contributed by atoms with Crippen LogP contribution in [-0.2, 0) is 56.0 Å². The number of phenolic OH excluding ortho intramolecular Hbond substituents is 1. The summed E-state index contributed by atoms with van der Waals surface area (Å²) < 4.78 is 0. The number of carbonyl (C=O) groups is 9. The molecule has 0 aliphatic rings. The molecule has 0 saturated carbocycles. The number of carboxylic acid groups (broad SMARTS) is 1. The average molecular weight is 1060 g/mol. The highest BCUT2D eigenvalue weighted by molar-refractivity contribution is 7.98. The maximum Gasteiger partial charge on any atom is 0.326 e. The number of thioether (sulfide) groups is 1. The summed E-state index contributed by atoms with van der Waals surface area (Å²) in [5.41, 5.74) is 23.9. The highest BCUT2D eigenvalue weighted by atomic mass is 32.2. The molecule has 2 aromatic rings. The van der Waals surface area contributed by atoms with Crippen LogP contribution in [0.2, 0.25) is 0 Å². The molecule has 410 valence electrons. The number of aliphatic carboxylic acids is 1. The highest BCUT2D eigenvalue weighted by Crippen LogP contribution is 2.13. The summed E-state index contributed by atoms with van der Waals surface area (Å²) in [4.78, 5) is 123. The molecule has 2 aromatic carbocycles. The fourth-order valence-corrected chi connectivity index (χ4v) is 7.57. The number of nitrogens with one attached hydrogen (secondary N) is 8. The molecule has 0 radical (unpaired) electrons. The van der Waals surface area contributed by atoms with Crippen LogP contribution in [0.15, 0.2) is 59.6 Å². The number of phenols is 1. The zero-order chi connectivity index (χ0) is 55.2. The molecule has 0 aliphatic carbocycles. The van der Waals surface area contributed by atoms with Gasteiger partial charge in [-0.3, -0.25) is 43.3 Å². The molecule has 0 aliphatic heterocycles. The van der Waals surface area contributed by atoms with Crippen molar-refractivity contribution in [2.45, 2.75) is 114 Å². The second kappa shape index (κ2) is 34.4. The number of nitrogens with two attached hydrogens (primary N) is 4. The Morgan fingerprint density at radius 3 is 1.70 bits per heavy atom. The molecule has 8 amide bonds. The summed E-state index contributed by atoms with van der Waals surface area (Å²) in [6, 6.07) is 5.77. The number of amides is 8. The summed E-state index contributed by atoms with van der Waals surface area (Å²) in [7, 11) is 0. The second-order valence-corrected chi connectivity index (χ2v) is 18.4. The first kappa shape index (κ1) is 63.1. The second-order valence-electron chi connectivity index (χ2n) is 17.4. The third-order valence-corrected chi connectivity index (χ3v) is 12.2. The molecule has 2 rings (SSSR count). The van der Waals surface area contributed by atoms with E-state index in [2.05, 4.69) is 47.5 Å². The third-order valence-electron chi connectivity index (χ3n) is 11.5. The van der Waals surface area contributed by atoms with E-state index in [0.29, 0.717) is 42.7 Å². The standard InChI is InChI=1S/C48H75N13O12S/c1-4-28(2)40(47(72)73)61-45(70)35(19-22-74-3)60-44(69)34(14-10-21-53-48(51)52)59-46(71)36(24-29-11-6-5-7-12-29)56-38(64)25-55-43(68)37(27-62)57-39(65)26-54-42(67)33(13-8-9-20-49)58-41(66)32(50)23-30-15-17-31(63)18-16-30/h5-7,11-12,15-18,28,32-37,40,62-63H,4,8-10,13-14,19-27,49-50H2,1-3H3,(H,54,67)(H,55,68)(H,56,64)(H,57,65)(H,58,66)(H,59,71)(H,60,69)(H,61,70)(H,72,73)(H4,51,52,53)/t28-,32-,33-,34-,35-,36-,37-,40-/m0/s1. The number of rotatable bonds is 35. The Morgan fingerprint density at radius 1 is 0.635 bits per heavy atom. The number of hydrogen-bond acceptors (Lipinski definition) is 15. The SMILES string of the molecule is CC[C@H](C)[C@H](NC(=O)[C@H](CCSC)NC(=O)[C@H](CCCN=C(N)N)NC(=O)[C@H](Cc1ccccc1)NC(=O)CNC(=O)[C@H](CO)NC(=O)CNC(=O)[C@H](CCCCN)NC(=O)[C@@H](N)Cc1ccc(O)cc1)C(=O)O. The van der Waals surface area contributed by atoms with Gasteiger partial charge in [-0.25, -0.2) is 4.79 Å². The molecule has 0 fully saturated rings. The van der Waals surface area contributed by atoms with Crippen molar-refractivity contribution in [1.29, 1.82) is 0 Å². The zero-order valence-electron chi connectivity index (χ0n) is 42.1. The minimum Gasteiger partial charge on any atom is -0.508 e. The molecule has 0 saturated heterocycles. The van der Waals surface area contributed by atoms with E-state index >= 15 is 0 Å². The summed E-state index contributed by atoms with van der Waals surface area (Å²) in [6.07, 6.45) is 3.65. The number of hydrogen-bond donors (Lipinski definition) is 15. The van der Waals surface area contributed by atoms with Crippen molar-refractivity contribution in [3.05, 3.63) is 65.7 Å². The fourth-order valence-electron chi connectivity index (χ4n) is 7.10. The number of aliphatic imine (C=N–C) groups is 1. The molecule has 26 heteroatoms. The summed E-state index contributed by atoms with van der Waals surface area (Å²) in [6.45, 7) is 1.49. The molecule has 19 N–H and O–H groups in total. The number of aliphatic hydroxyl groups is 1. The zero-order valence-corrected chi connectivity index (χ0v) is 42.9. The Kier molecular flexibility index (Phi) is 29.3. The Labute approximate surface area is 434 Å². The minimum absolute atomic E-state index is 0.0374. The van der Waals surface area contributed by atoms with Crippen LogP contribution in [0, 0.1) is 5.92 Å². The van der Waals surface area contributed by atoms with E-state index in [9.17, 15) is 58.5 Å². The first-order valence-corrected chi connectivity index (χ1v) is 25.6. The average Bonchev–Trinajstić information content (AvgIpc) is 3.37.